The Hall–Kier alpha value is -3.34. The Labute approximate surface area is 227 Å². The van der Waals surface area contributed by atoms with Crippen LogP contribution in [0.1, 0.15) is 45.2 Å². The quantitative estimate of drug-likeness (QED) is 0.323. The van der Waals surface area contributed by atoms with Crippen molar-refractivity contribution in [2.75, 3.05) is 19.0 Å². The largest absolute Gasteiger partial charge is 0.494 e. The van der Waals surface area contributed by atoms with Crippen LogP contribution in [0.3, 0.4) is 0 Å². The van der Waals surface area contributed by atoms with E-state index in [1.165, 1.54) is 13.2 Å². The predicted molar refractivity (Wildman–Crippen MR) is 146 cm³/mol. The van der Waals surface area contributed by atoms with Crippen LogP contribution < -0.4 is 20.7 Å². The van der Waals surface area contributed by atoms with Crippen molar-refractivity contribution in [3.63, 3.8) is 0 Å². The SMILES string of the molecule is COc1cc(C2CCC(CNC(=O)c3ccc(Br)cc3NC(=S)NC(=O)c3ccccc3)O2)ccc1F. The van der Waals surface area contributed by atoms with Gasteiger partial charge in [-0.2, -0.15) is 0 Å². The van der Waals surface area contributed by atoms with Gasteiger partial charge in [0.05, 0.1) is 30.6 Å². The lowest BCUT2D eigenvalue weighted by Gasteiger charge is -2.17. The van der Waals surface area contributed by atoms with Crippen LogP contribution in [-0.4, -0.2) is 36.7 Å². The minimum absolute atomic E-state index is 0.0673. The maximum absolute atomic E-state index is 13.7. The average molecular weight is 586 g/mol. The summed E-state index contributed by atoms with van der Waals surface area (Å²) in [6.07, 6.45) is 1.09. The fourth-order valence-electron chi connectivity index (χ4n) is 4.02. The number of ether oxygens (including phenoxy) is 2. The molecule has 0 aromatic heterocycles. The summed E-state index contributed by atoms with van der Waals surface area (Å²) in [4.78, 5) is 25.4. The normalized spacial score (nSPS) is 16.6. The summed E-state index contributed by atoms with van der Waals surface area (Å²) < 4.78 is 25.6. The molecule has 0 radical (unpaired) electrons. The van der Waals surface area contributed by atoms with E-state index in [1.54, 1.807) is 54.6 Å². The zero-order valence-corrected chi connectivity index (χ0v) is 22.3. The fourth-order valence-corrected chi connectivity index (χ4v) is 4.58. The van der Waals surface area contributed by atoms with Gasteiger partial charge in [-0.1, -0.05) is 40.2 Å². The summed E-state index contributed by atoms with van der Waals surface area (Å²) in [5, 5.41) is 8.54. The highest BCUT2D eigenvalue weighted by Gasteiger charge is 2.28. The van der Waals surface area contributed by atoms with E-state index in [0.717, 1.165) is 22.9 Å². The van der Waals surface area contributed by atoms with Crippen LogP contribution in [0.15, 0.2) is 71.2 Å². The summed E-state index contributed by atoms with van der Waals surface area (Å²) in [5.41, 5.74) is 2.09. The molecule has 3 aromatic carbocycles. The molecule has 1 heterocycles. The second-order valence-electron chi connectivity index (χ2n) is 8.39. The standard InChI is InChI=1S/C27H25BrFN3O4S/c1-35-24-13-17(7-11-21(24)29)23-12-9-19(36-23)15-30-26(34)20-10-8-18(28)14-22(20)31-27(37)32-25(33)16-5-3-2-4-6-16/h2-8,10-11,13-14,19,23H,9,12,15H2,1H3,(H,30,34)(H2,31,32,33,37). The number of carbonyl (C=O) groups is 2. The lowest BCUT2D eigenvalue weighted by atomic mass is 10.1. The molecule has 3 N–H and O–H groups in total. The lowest BCUT2D eigenvalue weighted by Crippen LogP contribution is -2.36. The number of benzene rings is 3. The topological polar surface area (TPSA) is 88.7 Å². The molecule has 3 aromatic rings. The average Bonchev–Trinajstić information content (AvgIpc) is 3.37. The second kappa shape index (κ2) is 12.3. The Morgan fingerprint density at radius 2 is 1.86 bits per heavy atom. The molecule has 2 amide bonds. The first-order chi connectivity index (χ1) is 17.8. The molecule has 2 unspecified atom stereocenters. The molecule has 0 saturated carbocycles. The number of rotatable bonds is 7. The van der Waals surface area contributed by atoms with Gasteiger partial charge in [-0.15, -0.1) is 0 Å². The molecule has 1 aliphatic heterocycles. The van der Waals surface area contributed by atoms with Crippen molar-refractivity contribution in [3.8, 4) is 5.75 Å². The summed E-state index contributed by atoms with van der Waals surface area (Å²) in [6.45, 7) is 0.304. The van der Waals surface area contributed by atoms with Gasteiger partial charge in [0.25, 0.3) is 11.8 Å². The van der Waals surface area contributed by atoms with Crippen molar-refractivity contribution in [2.24, 2.45) is 0 Å². The molecule has 1 fully saturated rings. The highest BCUT2D eigenvalue weighted by Crippen LogP contribution is 2.34. The molecule has 4 rings (SSSR count). The highest BCUT2D eigenvalue weighted by atomic mass is 79.9. The number of hydrogen-bond donors (Lipinski definition) is 3. The van der Waals surface area contributed by atoms with Gasteiger partial charge in [-0.05, 0) is 73.1 Å². The van der Waals surface area contributed by atoms with Crippen molar-refractivity contribution >= 4 is 50.8 Å². The van der Waals surface area contributed by atoms with Gasteiger partial charge in [0.15, 0.2) is 16.7 Å². The van der Waals surface area contributed by atoms with E-state index >= 15 is 0 Å². The Morgan fingerprint density at radius 1 is 1.08 bits per heavy atom. The van der Waals surface area contributed by atoms with Gasteiger partial charge in [0, 0.05) is 16.6 Å². The van der Waals surface area contributed by atoms with E-state index in [1.807, 2.05) is 6.07 Å². The first-order valence-corrected chi connectivity index (χ1v) is 12.8. The van der Waals surface area contributed by atoms with Gasteiger partial charge in [-0.3, -0.25) is 14.9 Å². The second-order valence-corrected chi connectivity index (χ2v) is 9.72. The molecule has 0 aliphatic carbocycles. The number of halogens is 2. The van der Waals surface area contributed by atoms with Crippen LogP contribution >= 0.6 is 28.1 Å². The molecule has 1 aliphatic rings. The monoisotopic (exact) mass is 585 g/mol. The smallest absolute Gasteiger partial charge is 0.257 e. The fraction of sp³-hybridized carbons (Fsp3) is 0.222. The summed E-state index contributed by atoms with van der Waals surface area (Å²) in [7, 11) is 1.42. The van der Waals surface area contributed by atoms with E-state index in [4.69, 9.17) is 21.7 Å². The zero-order valence-electron chi connectivity index (χ0n) is 19.9. The predicted octanol–water partition coefficient (Wildman–Crippen LogP) is 5.37. The van der Waals surface area contributed by atoms with Gasteiger partial charge >= 0.3 is 0 Å². The molecule has 1 saturated heterocycles. The molecular weight excluding hydrogens is 561 g/mol. The molecule has 0 bridgehead atoms. The third kappa shape index (κ3) is 6.91. The molecule has 0 spiro atoms. The first kappa shape index (κ1) is 26.7. The van der Waals surface area contributed by atoms with Crippen molar-refractivity contribution in [3.05, 3.63) is 93.7 Å². The van der Waals surface area contributed by atoms with Gasteiger partial charge < -0.3 is 20.1 Å². The molecule has 10 heteroatoms. The first-order valence-electron chi connectivity index (χ1n) is 11.6. The number of methoxy groups -OCH3 is 1. The van der Waals surface area contributed by atoms with Crippen LogP contribution in [0, 0.1) is 5.82 Å². The van der Waals surface area contributed by atoms with Gasteiger partial charge in [0.1, 0.15) is 0 Å². The maximum Gasteiger partial charge on any atom is 0.257 e. The van der Waals surface area contributed by atoms with Gasteiger partial charge in [0.2, 0.25) is 0 Å². The van der Waals surface area contributed by atoms with E-state index in [2.05, 4.69) is 31.9 Å². The molecule has 192 valence electrons. The van der Waals surface area contributed by atoms with E-state index < -0.39 is 5.82 Å². The minimum atomic E-state index is -0.425. The van der Waals surface area contributed by atoms with Crippen LogP contribution in [0.4, 0.5) is 10.1 Å². The molecular formula is C27H25BrFN3O4S. The number of carbonyl (C=O) groups excluding carboxylic acids is 2. The third-order valence-electron chi connectivity index (χ3n) is 5.88. The van der Waals surface area contributed by atoms with Crippen LogP contribution in [0.2, 0.25) is 0 Å². The van der Waals surface area contributed by atoms with Gasteiger partial charge in [-0.25, -0.2) is 4.39 Å². The van der Waals surface area contributed by atoms with Crippen molar-refractivity contribution in [1.82, 2.24) is 10.6 Å². The molecule has 37 heavy (non-hydrogen) atoms. The number of thiocarbonyl (C=S) groups is 1. The van der Waals surface area contributed by atoms with Crippen molar-refractivity contribution in [1.29, 1.82) is 0 Å². The summed E-state index contributed by atoms with van der Waals surface area (Å²) in [5.74, 6) is -0.925. The Morgan fingerprint density at radius 3 is 2.62 bits per heavy atom. The zero-order chi connectivity index (χ0) is 26.4. The van der Waals surface area contributed by atoms with Crippen molar-refractivity contribution < 1.29 is 23.5 Å². The summed E-state index contributed by atoms with van der Waals surface area (Å²) in [6, 6.07) is 18.5. The molecule has 2 atom stereocenters. The van der Waals surface area contributed by atoms with E-state index in [-0.39, 0.29) is 34.9 Å². The highest BCUT2D eigenvalue weighted by molar-refractivity contribution is 9.10. The Balaban J connectivity index is 1.35. The minimum Gasteiger partial charge on any atom is -0.494 e. The maximum atomic E-state index is 13.7. The van der Waals surface area contributed by atoms with E-state index in [0.29, 0.717) is 23.4 Å². The number of amides is 2. The Bertz CT molecular complexity index is 1310. The lowest BCUT2D eigenvalue weighted by molar-refractivity contribution is 0.0434. The van der Waals surface area contributed by atoms with Crippen molar-refractivity contribution in [2.45, 2.75) is 25.0 Å². The number of nitrogens with one attached hydrogen (secondary N) is 3. The summed E-state index contributed by atoms with van der Waals surface area (Å²) >= 11 is 8.70. The van der Waals surface area contributed by atoms with Crippen LogP contribution in [0.25, 0.3) is 0 Å². The number of anilines is 1. The Kier molecular flexibility index (Phi) is 8.86. The van der Waals surface area contributed by atoms with E-state index in [9.17, 15) is 14.0 Å². The third-order valence-corrected chi connectivity index (χ3v) is 6.58. The van der Waals surface area contributed by atoms with Crippen LogP contribution in [-0.2, 0) is 4.74 Å². The number of hydrogen-bond acceptors (Lipinski definition) is 5. The van der Waals surface area contributed by atoms with Crippen LogP contribution in [0.5, 0.6) is 5.75 Å². The molecule has 7 nitrogen and oxygen atoms in total.